The summed E-state index contributed by atoms with van der Waals surface area (Å²) in [4.78, 5) is 16.1. The first-order chi connectivity index (χ1) is 11.1. The van der Waals surface area contributed by atoms with Crippen LogP contribution in [0, 0.1) is 0 Å². The zero-order valence-corrected chi connectivity index (χ0v) is 14.2. The van der Waals surface area contributed by atoms with Crippen LogP contribution in [-0.2, 0) is 18.3 Å². The summed E-state index contributed by atoms with van der Waals surface area (Å²) in [6.45, 7) is 4.29. The van der Waals surface area contributed by atoms with E-state index in [-0.39, 0.29) is 18.5 Å². The molecule has 2 aromatic rings. The number of rotatable bonds is 9. The zero-order valence-electron chi connectivity index (χ0n) is 13.3. The highest BCUT2D eigenvalue weighted by Gasteiger charge is 2.23. The molecule has 0 spiro atoms. The van der Waals surface area contributed by atoms with Gasteiger partial charge in [-0.25, -0.2) is 9.78 Å². The summed E-state index contributed by atoms with van der Waals surface area (Å²) in [6.07, 6.45) is 4.03. The molecule has 0 aliphatic carbocycles. The molecule has 0 aromatic carbocycles. The summed E-state index contributed by atoms with van der Waals surface area (Å²) in [5.41, 5.74) is 0.922. The van der Waals surface area contributed by atoms with E-state index in [4.69, 9.17) is 13.8 Å². The first-order valence-electron chi connectivity index (χ1n) is 7.57. The summed E-state index contributed by atoms with van der Waals surface area (Å²) >= 11 is 0. The van der Waals surface area contributed by atoms with Gasteiger partial charge in [-0.3, -0.25) is 4.57 Å². The Kier molecular flexibility index (Phi) is 6.33. The van der Waals surface area contributed by atoms with Crippen LogP contribution in [0.5, 0.6) is 0 Å². The Morgan fingerprint density at radius 1 is 1.26 bits per heavy atom. The number of esters is 1. The van der Waals surface area contributed by atoms with E-state index >= 15 is 0 Å². The molecular formula is C15H21N2O5P. The number of hydrogen-bond acceptors (Lipinski definition) is 6. The first-order valence-corrected chi connectivity index (χ1v) is 9.29. The van der Waals surface area contributed by atoms with Crippen LogP contribution < -0.4 is 0 Å². The van der Waals surface area contributed by atoms with E-state index in [0.29, 0.717) is 25.3 Å². The fourth-order valence-corrected chi connectivity index (χ4v) is 3.73. The molecular weight excluding hydrogens is 319 g/mol. The van der Waals surface area contributed by atoms with Crippen LogP contribution in [0.25, 0.3) is 5.65 Å². The Morgan fingerprint density at radius 3 is 2.65 bits per heavy atom. The summed E-state index contributed by atoms with van der Waals surface area (Å²) in [5, 5.41) is 0. The summed E-state index contributed by atoms with van der Waals surface area (Å²) in [5.74, 6) is -0.503. The molecule has 2 aromatic heterocycles. The number of ether oxygens (including phenoxy) is 1. The smallest absolute Gasteiger partial charge is 0.358 e. The third kappa shape index (κ3) is 4.89. The normalized spacial score (nSPS) is 11.7. The van der Waals surface area contributed by atoms with Gasteiger partial charge in [0.15, 0.2) is 5.69 Å². The molecule has 0 bridgehead atoms. The lowest BCUT2D eigenvalue weighted by Crippen LogP contribution is -2.09. The fraction of sp³-hybridized carbons (Fsp3) is 0.467. The van der Waals surface area contributed by atoms with Crippen molar-refractivity contribution in [1.29, 1.82) is 0 Å². The highest BCUT2D eigenvalue weighted by Crippen LogP contribution is 2.48. The van der Waals surface area contributed by atoms with Crippen LogP contribution >= 0.6 is 7.60 Å². The SMILES string of the molecule is CCOP(=O)(CCCOC(=O)c1cn2ccccc2n1)OCC. The molecule has 0 aliphatic rings. The van der Waals surface area contributed by atoms with Gasteiger partial charge < -0.3 is 18.2 Å². The lowest BCUT2D eigenvalue weighted by molar-refractivity contribution is 0.0497. The van der Waals surface area contributed by atoms with Gasteiger partial charge in [-0.1, -0.05) is 6.07 Å². The molecule has 0 saturated carbocycles. The van der Waals surface area contributed by atoms with Crippen molar-refractivity contribution in [3.8, 4) is 0 Å². The molecule has 2 heterocycles. The maximum Gasteiger partial charge on any atom is 0.358 e. The number of carbonyl (C=O) groups is 1. The molecule has 7 nitrogen and oxygen atoms in total. The molecule has 0 aliphatic heterocycles. The third-order valence-electron chi connectivity index (χ3n) is 3.03. The van der Waals surface area contributed by atoms with Crippen molar-refractivity contribution in [2.45, 2.75) is 20.3 Å². The monoisotopic (exact) mass is 340 g/mol. The topological polar surface area (TPSA) is 79.1 Å². The van der Waals surface area contributed by atoms with Crippen LogP contribution in [0.15, 0.2) is 30.6 Å². The number of imidazole rings is 1. The third-order valence-corrected chi connectivity index (χ3v) is 5.20. The average molecular weight is 340 g/mol. The lowest BCUT2D eigenvalue weighted by atomic mass is 10.5. The van der Waals surface area contributed by atoms with Crippen molar-refractivity contribution < 1.29 is 23.1 Å². The van der Waals surface area contributed by atoms with Crippen LogP contribution in [0.3, 0.4) is 0 Å². The first kappa shape index (κ1) is 17.7. The van der Waals surface area contributed by atoms with Gasteiger partial charge in [-0.05, 0) is 32.4 Å². The summed E-state index contributed by atoms with van der Waals surface area (Å²) < 4.78 is 29.5. The maximum atomic E-state index is 12.2. The van der Waals surface area contributed by atoms with E-state index in [1.807, 2.05) is 12.1 Å². The molecule has 23 heavy (non-hydrogen) atoms. The van der Waals surface area contributed by atoms with E-state index in [0.717, 1.165) is 0 Å². The van der Waals surface area contributed by atoms with Crippen molar-refractivity contribution in [3.63, 3.8) is 0 Å². The van der Waals surface area contributed by atoms with Crippen molar-refractivity contribution in [1.82, 2.24) is 9.38 Å². The minimum atomic E-state index is -3.09. The van der Waals surface area contributed by atoms with E-state index < -0.39 is 13.6 Å². The molecule has 2 rings (SSSR count). The number of carbonyl (C=O) groups excluding carboxylic acids is 1. The highest BCUT2D eigenvalue weighted by molar-refractivity contribution is 7.53. The van der Waals surface area contributed by atoms with E-state index in [9.17, 15) is 9.36 Å². The van der Waals surface area contributed by atoms with Crippen LogP contribution in [0.4, 0.5) is 0 Å². The van der Waals surface area contributed by atoms with E-state index in [2.05, 4.69) is 4.98 Å². The average Bonchev–Trinajstić information content (AvgIpc) is 2.96. The second kappa shape index (κ2) is 8.24. The van der Waals surface area contributed by atoms with Gasteiger partial charge in [-0.15, -0.1) is 0 Å². The fourth-order valence-electron chi connectivity index (χ4n) is 2.09. The van der Waals surface area contributed by atoms with Gasteiger partial charge in [0, 0.05) is 12.4 Å². The molecule has 0 unspecified atom stereocenters. The minimum Gasteiger partial charge on any atom is -0.461 e. The highest BCUT2D eigenvalue weighted by atomic mass is 31.2. The quantitative estimate of drug-likeness (QED) is 0.396. The molecule has 126 valence electrons. The number of aromatic nitrogens is 2. The largest absolute Gasteiger partial charge is 0.461 e. The number of pyridine rings is 1. The Bertz CT molecular complexity index is 657. The zero-order chi connectivity index (χ0) is 16.7. The number of hydrogen-bond donors (Lipinski definition) is 0. The summed E-state index contributed by atoms with van der Waals surface area (Å²) in [7, 11) is -3.09. The second-order valence-electron chi connectivity index (χ2n) is 4.75. The van der Waals surface area contributed by atoms with Crippen molar-refractivity contribution in [2.24, 2.45) is 0 Å². The minimum absolute atomic E-state index is 0.136. The van der Waals surface area contributed by atoms with Crippen molar-refractivity contribution in [3.05, 3.63) is 36.3 Å². The lowest BCUT2D eigenvalue weighted by Gasteiger charge is -2.16. The van der Waals surface area contributed by atoms with Gasteiger partial charge >= 0.3 is 13.6 Å². The molecule has 8 heteroatoms. The van der Waals surface area contributed by atoms with E-state index in [1.54, 1.807) is 36.7 Å². The maximum absolute atomic E-state index is 12.2. The van der Waals surface area contributed by atoms with Gasteiger partial charge in [0.05, 0.1) is 26.0 Å². The van der Waals surface area contributed by atoms with Crippen LogP contribution in [0.1, 0.15) is 30.8 Å². The second-order valence-corrected chi connectivity index (χ2v) is 6.94. The number of fused-ring (bicyclic) bond motifs is 1. The Morgan fingerprint density at radius 2 is 2.00 bits per heavy atom. The molecule has 0 amide bonds. The Balaban J connectivity index is 1.83. The molecule has 0 N–H and O–H groups in total. The molecule has 0 saturated heterocycles. The van der Waals surface area contributed by atoms with Crippen LogP contribution in [0.2, 0.25) is 0 Å². The van der Waals surface area contributed by atoms with Crippen molar-refractivity contribution in [2.75, 3.05) is 26.0 Å². The van der Waals surface area contributed by atoms with E-state index in [1.165, 1.54) is 0 Å². The van der Waals surface area contributed by atoms with Gasteiger partial charge in [0.25, 0.3) is 0 Å². The Labute approximate surface area is 135 Å². The van der Waals surface area contributed by atoms with Gasteiger partial charge in [0.1, 0.15) is 5.65 Å². The van der Waals surface area contributed by atoms with Crippen LogP contribution in [-0.4, -0.2) is 41.3 Å². The predicted molar refractivity (Wildman–Crippen MR) is 85.8 cm³/mol. The van der Waals surface area contributed by atoms with Crippen molar-refractivity contribution >= 4 is 19.2 Å². The number of nitrogens with zero attached hydrogens (tertiary/aromatic N) is 2. The molecule has 0 fully saturated rings. The van der Waals surface area contributed by atoms with Gasteiger partial charge in [0.2, 0.25) is 0 Å². The standard InChI is InChI=1S/C15H21N2O5P/c1-3-21-23(19,22-4-2)11-7-10-20-15(18)13-12-17-9-6-5-8-14(17)16-13/h5-6,8-9,12H,3-4,7,10-11H2,1-2H3. The molecule has 0 radical (unpaired) electrons. The van der Waals surface area contributed by atoms with Gasteiger partial charge in [-0.2, -0.15) is 0 Å². The Hall–Kier alpha value is -1.69. The predicted octanol–water partition coefficient (Wildman–Crippen LogP) is 3.15. The molecule has 0 atom stereocenters. The summed E-state index contributed by atoms with van der Waals surface area (Å²) in [6, 6.07) is 5.50.